The molecule has 1 atom stereocenters. The molecule has 2 aromatic rings. The molecule has 1 unspecified atom stereocenters. The summed E-state index contributed by atoms with van der Waals surface area (Å²) in [5.74, 6) is 1.14. The largest absolute Gasteiger partial charge is 0.486 e. The van der Waals surface area contributed by atoms with Gasteiger partial charge in [-0.2, -0.15) is 0 Å². The maximum absolute atomic E-state index is 12.8. The van der Waals surface area contributed by atoms with Crippen molar-refractivity contribution in [1.82, 2.24) is 5.32 Å². The van der Waals surface area contributed by atoms with Gasteiger partial charge in [0.05, 0.1) is 11.8 Å². The van der Waals surface area contributed by atoms with Gasteiger partial charge in [-0.05, 0) is 48.7 Å². The predicted octanol–water partition coefficient (Wildman–Crippen LogP) is 3.49. The van der Waals surface area contributed by atoms with E-state index in [1.54, 1.807) is 31.2 Å². The third kappa shape index (κ3) is 5.41. The second-order valence-corrected chi connectivity index (χ2v) is 8.68. The average molecular weight is 419 g/mol. The molecule has 0 saturated carbocycles. The topological polar surface area (TPSA) is 93.7 Å². The van der Waals surface area contributed by atoms with Crippen LogP contribution in [0.15, 0.2) is 42.5 Å². The van der Waals surface area contributed by atoms with Crippen LogP contribution in [-0.4, -0.2) is 33.3 Å². The average Bonchev–Trinajstić information content (AvgIpc) is 2.71. The van der Waals surface area contributed by atoms with E-state index < -0.39 is 10.0 Å². The number of amides is 1. The van der Waals surface area contributed by atoms with Crippen molar-refractivity contribution in [3.8, 4) is 11.5 Å². The van der Waals surface area contributed by atoms with Crippen LogP contribution >= 0.6 is 0 Å². The number of hydrogen-bond acceptors (Lipinski definition) is 5. The van der Waals surface area contributed by atoms with Crippen molar-refractivity contribution in [2.45, 2.75) is 32.7 Å². The van der Waals surface area contributed by atoms with Gasteiger partial charge < -0.3 is 14.8 Å². The molecular weight excluding hydrogens is 392 g/mol. The van der Waals surface area contributed by atoms with Gasteiger partial charge in [0.25, 0.3) is 5.91 Å². The Kier molecular flexibility index (Phi) is 6.64. The standard InChI is InChI=1S/C21H26N2O5S/c1-3-12-29(25,26)23-17-7-5-6-16(13-17)21(24)22-18(4-2)15-8-9-19-20(14-15)28-11-10-27-19/h5-9,13-14,18,23H,3-4,10-12H2,1-2H3,(H,22,24). The van der Waals surface area contributed by atoms with E-state index in [9.17, 15) is 13.2 Å². The Bertz CT molecular complexity index is 975. The lowest BCUT2D eigenvalue weighted by molar-refractivity contribution is 0.0935. The monoisotopic (exact) mass is 418 g/mol. The molecule has 0 radical (unpaired) electrons. The Morgan fingerprint density at radius 3 is 2.55 bits per heavy atom. The van der Waals surface area contributed by atoms with E-state index in [4.69, 9.17) is 9.47 Å². The van der Waals surface area contributed by atoms with Gasteiger partial charge in [-0.1, -0.05) is 26.0 Å². The molecule has 3 rings (SSSR count). The van der Waals surface area contributed by atoms with Crippen molar-refractivity contribution in [2.24, 2.45) is 0 Å². The maximum Gasteiger partial charge on any atom is 0.251 e. The summed E-state index contributed by atoms with van der Waals surface area (Å²) in [6.07, 6.45) is 1.21. The van der Waals surface area contributed by atoms with E-state index in [1.807, 2.05) is 25.1 Å². The van der Waals surface area contributed by atoms with Crippen molar-refractivity contribution < 1.29 is 22.7 Å². The molecular formula is C21H26N2O5S. The van der Waals surface area contributed by atoms with E-state index in [0.29, 0.717) is 48.8 Å². The number of fused-ring (bicyclic) bond motifs is 1. The minimum atomic E-state index is -3.41. The van der Waals surface area contributed by atoms with Gasteiger partial charge in [0.2, 0.25) is 10.0 Å². The molecule has 156 valence electrons. The maximum atomic E-state index is 12.8. The summed E-state index contributed by atoms with van der Waals surface area (Å²) < 4.78 is 37.6. The van der Waals surface area contributed by atoms with Crippen LogP contribution < -0.4 is 19.5 Å². The molecule has 29 heavy (non-hydrogen) atoms. The first-order valence-electron chi connectivity index (χ1n) is 9.73. The molecule has 1 aliphatic rings. The van der Waals surface area contributed by atoms with E-state index in [2.05, 4.69) is 10.0 Å². The van der Waals surface area contributed by atoms with Crippen molar-refractivity contribution in [1.29, 1.82) is 0 Å². The Labute approximate surface area is 171 Å². The third-order valence-corrected chi connectivity index (χ3v) is 6.05. The molecule has 0 fully saturated rings. The zero-order chi connectivity index (χ0) is 20.9. The van der Waals surface area contributed by atoms with Crippen molar-refractivity contribution in [3.05, 3.63) is 53.6 Å². The molecule has 0 aliphatic carbocycles. The Morgan fingerprint density at radius 2 is 1.83 bits per heavy atom. The van der Waals surface area contributed by atoms with E-state index in [0.717, 1.165) is 5.56 Å². The van der Waals surface area contributed by atoms with E-state index in [-0.39, 0.29) is 17.7 Å². The van der Waals surface area contributed by atoms with Crippen LogP contribution in [0.4, 0.5) is 5.69 Å². The normalized spacial score (nSPS) is 14.1. The lowest BCUT2D eigenvalue weighted by Gasteiger charge is -2.22. The summed E-state index contributed by atoms with van der Waals surface area (Å²) in [7, 11) is -3.41. The number of rotatable bonds is 8. The van der Waals surface area contributed by atoms with E-state index >= 15 is 0 Å². The minimum absolute atomic E-state index is 0.0332. The minimum Gasteiger partial charge on any atom is -0.486 e. The first-order valence-corrected chi connectivity index (χ1v) is 11.4. The number of benzene rings is 2. The van der Waals surface area contributed by atoms with Crippen molar-refractivity contribution in [2.75, 3.05) is 23.7 Å². The molecule has 0 saturated heterocycles. The molecule has 0 aromatic heterocycles. The van der Waals surface area contributed by atoms with Crippen molar-refractivity contribution >= 4 is 21.6 Å². The molecule has 7 nitrogen and oxygen atoms in total. The fourth-order valence-electron chi connectivity index (χ4n) is 3.16. The summed E-state index contributed by atoms with van der Waals surface area (Å²) in [5.41, 5.74) is 1.68. The molecule has 8 heteroatoms. The number of hydrogen-bond donors (Lipinski definition) is 2. The van der Waals surface area contributed by atoms with Gasteiger partial charge in [-0.15, -0.1) is 0 Å². The summed E-state index contributed by atoms with van der Waals surface area (Å²) >= 11 is 0. The van der Waals surface area contributed by atoms with Gasteiger partial charge in [-0.3, -0.25) is 9.52 Å². The van der Waals surface area contributed by atoms with Gasteiger partial charge in [0.1, 0.15) is 13.2 Å². The molecule has 2 aromatic carbocycles. The summed E-state index contributed by atoms with van der Waals surface area (Å²) in [5, 5.41) is 3.01. The van der Waals surface area contributed by atoms with Gasteiger partial charge >= 0.3 is 0 Å². The SMILES string of the molecule is CCCS(=O)(=O)Nc1cccc(C(=O)NC(CC)c2ccc3c(c2)OCCO3)c1. The number of ether oxygens (including phenoxy) is 2. The van der Waals surface area contributed by atoms with Crippen LogP contribution in [0.1, 0.15) is 48.7 Å². The summed E-state index contributed by atoms with van der Waals surface area (Å²) in [4.78, 5) is 12.8. The zero-order valence-corrected chi connectivity index (χ0v) is 17.4. The van der Waals surface area contributed by atoms with Crippen LogP contribution in [0.25, 0.3) is 0 Å². The van der Waals surface area contributed by atoms with Crippen LogP contribution in [0.2, 0.25) is 0 Å². The zero-order valence-electron chi connectivity index (χ0n) is 16.6. The van der Waals surface area contributed by atoms with Crippen LogP contribution in [-0.2, 0) is 10.0 Å². The highest BCUT2D eigenvalue weighted by molar-refractivity contribution is 7.92. The second kappa shape index (κ2) is 9.17. The van der Waals surface area contributed by atoms with Gasteiger partial charge in [0, 0.05) is 11.3 Å². The predicted molar refractivity (Wildman–Crippen MR) is 112 cm³/mol. The number of nitrogens with one attached hydrogen (secondary N) is 2. The second-order valence-electron chi connectivity index (χ2n) is 6.84. The number of carbonyl (C=O) groups excluding carboxylic acids is 1. The Morgan fingerprint density at radius 1 is 1.07 bits per heavy atom. The lowest BCUT2D eigenvalue weighted by Crippen LogP contribution is -2.28. The molecule has 1 amide bonds. The van der Waals surface area contributed by atoms with Crippen LogP contribution in [0, 0.1) is 0 Å². The van der Waals surface area contributed by atoms with E-state index in [1.165, 1.54) is 0 Å². The van der Waals surface area contributed by atoms with Crippen LogP contribution in [0.5, 0.6) is 11.5 Å². The highest BCUT2D eigenvalue weighted by atomic mass is 32.2. The lowest BCUT2D eigenvalue weighted by atomic mass is 10.0. The smallest absolute Gasteiger partial charge is 0.251 e. The fourth-order valence-corrected chi connectivity index (χ4v) is 4.29. The first kappa shape index (κ1) is 21.0. The molecule has 0 bridgehead atoms. The number of carbonyl (C=O) groups is 1. The van der Waals surface area contributed by atoms with Crippen LogP contribution in [0.3, 0.4) is 0 Å². The highest BCUT2D eigenvalue weighted by Gasteiger charge is 2.19. The number of anilines is 1. The molecule has 1 heterocycles. The summed E-state index contributed by atoms with van der Waals surface area (Å²) in [6, 6.07) is 11.9. The Hall–Kier alpha value is -2.74. The highest BCUT2D eigenvalue weighted by Crippen LogP contribution is 2.33. The third-order valence-electron chi connectivity index (χ3n) is 4.55. The Balaban J connectivity index is 1.74. The van der Waals surface area contributed by atoms with Gasteiger partial charge in [-0.25, -0.2) is 8.42 Å². The number of sulfonamides is 1. The molecule has 1 aliphatic heterocycles. The molecule has 2 N–H and O–H groups in total. The molecule has 0 spiro atoms. The first-order chi connectivity index (χ1) is 13.9. The quantitative estimate of drug-likeness (QED) is 0.684. The van der Waals surface area contributed by atoms with Gasteiger partial charge in [0.15, 0.2) is 11.5 Å². The fraction of sp³-hybridized carbons (Fsp3) is 0.381. The summed E-state index contributed by atoms with van der Waals surface area (Å²) in [6.45, 7) is 4.81. The van der Waals surface area contributed by atoms with Crippen molar-refractivity contribution in [3.63, 3.8) is 0 Å².